The van der Waals surface area contributed by atoms with E-state index in [1.807, 2.05) is 21.1 Å². The highest BCUT2D eigenvalue weighted by molar-refractivity contribution is 7.45. The minimum Gasteiger partial charge on any atom is -0.756 e. The molecule has 0 aromatic carbocycles. The average Bonchev–Trinajstić information content (AvgIpc) is 3.07. The molecule has 2 atom stereocenters. The summed E-state index contributed by atoms with van der Waals surface area (Å²) in [5.74, 6) is -1.48. The van der Waals surface area contributed by atoms with Crippen LogP contribution in [0.3, 0.4) is 0 Å². The molecule has 0 fully saturated rings. The van der Waals surface area contributed by atoms with Crippen molar-refractivity contribution < 1.29 is 61.1 Å². The van der Waals surface area contributed by atoms with Gasteiger partial charge in [0.25, 0.3) is 7.82 Å². The van der Waals surface area contributed by atoms with Gasteiger partial charge < -0.3 is 37.4 Å². The second kappa shape index (κ2) is 32.4. The number of carbonyl (C=O) groups is 4. The Hall–Kier alpha value is -2.05. The van der Waals surface area contributed by atoms with Crippen LogP contribution in [0.25, 0.3) is 0 Å². The number of hydrogen-bond donors (Lipinski definition) is 0. The van der Waals surface area contributed by atoms with Crippen LogP contribution < -0.4 is 4.89 Å². The predicted octanol–water partition coefficient (Wildman–Crippen LogP) is 7.36. The molecule has 0 aliphatic rings. The molecule has 0 saturated carbocycles. The van der Waals surface area contributed by atoms with Gasteiger partial charge in [-0.05, 0) is 38.5 Å². The number of phosphoric ester groups is 1. The number of hydrogen-bond acceptors (Lipinski definition) is 12. The van der Waals surface area contributed by atoms with Crippen molar-refractivity contribution in [2.24, 2.45) is 0 Å². The molecule has 306 valence electrons. The van der Waals surface area contributed by atoms with E-state index in [4.69, 9.17) is 28.0 Å². The lowest BCUT2D eigenvalue weighted by molar-refractivity contribution is -0.870. The number of likely N-dealkylation sites (N-methyl/N-ethyl adjacent to an activating group) is 1. The van der Waals surface area contributed by atoms with Crippen LogP contribution in [0.15, 0.2) is 0 Å². The van der Waals surface area contributed by atoms with E-state index in [0.29, 0.717) is 69.2 Å². The van der Waals surface area contributed by atoms with Gasteiger partial charge in [0.2, 0.25) is 0 Å². The normalized spacial score (nSPS) is 13.3. The number of quaternary nitrogens is 1. The lowest BCUT2D eigenvalue weighted by Crippen LogP contribution is -2.37. The van der Waals surface area contributed by atoms with Crippen molar-refractivity contribution >= 4 is 31.7 Å². The van der Waals surface area contributed by atoms with Crippen LogP contribution in [0.5, 0.6) is 0 Å². The van der Waals surface area contributed by atoms with Crippen LogP contribution in [0.1, 0.15) is 155 Å². The van der Waals surface area contributed by atoms with Crippen molar-refractivity contribution in [3.05, 3.63) is 0 Å². The molecule has 52 heavy (non-hydrogen) atoms. The summed E-state index contributed by atoms with van der Waals surface area (Å²) in [6, 6.07) is 0. The van der Waals surface area contributed by atoms with Crippen molar-refractivity contribution in [2.45, 2.75) is 161 Å². The van der Waals surface area contributed by atoms with Crippen molar-refractivity contribution in [1.82, 2.24) is 0 Å². The zero-order valence-electron chi connectivity index (χ0n) is 33.2. The first-order valence-corrected chi connectivity index (χ1v) is 21.3. The second-order valence-corrected chi connectivity index (χ2v) is 15.9. The molecule has 14 heteroatoms. The van der Waals surface area contributed by atoms with Crippen molar-refractivity contribution in [3.8, 4) is 0 Å². The van der Waals surface area contributed by atoms with E-state index in [0.717, 1.165) is 57.8 Å². The third kappa shape index (κ3) is 35.0. The Balaban J connectivity index is 4.51. The molecule has 0 radical (unpaired) electrons. The fraction of sp³-hybridized carbons (Fsp3) is 0.895. The summed E-state index contributed by atoms with van der Waals surface area (Å²) >= 11 is 0. The summed E-state index contributed by atoms with van der Waals surface area (Å²) in [4.78, 5) is 61.1. The third-order valence-corrected chi connectivity index (χ3v) is 9.17. The van der Waals surface area contributed by atoms with Crippen LogP contribution in [-0.4, -0.2) is 95.2 Å². The van der Waals surface area contributed by atoms with E-state index in [1.165, 1.54) is 25.7 Å². The molecule has 2 unspecified atom stereocenters. The second-order valence-electron chi connectivity index (χ2n) is 14.5. The van der Waals surface area contributed by atoms with E-state index in [1.54, 1.807) is 0 Å². The van der Waals surface area contributed by atoms with E-state index < -0.39 is 32.5 Å². The molecule has 0 N–H and O–H groups in total. The van der Waals surface area contributed by atoms with Gasteiger partial charge in [0.1, 0.15) is 19.8 Å². The fourth-order valence-electron chi connectivity index (χ4n) is 4.97. The zero-order valence-corrected chi connectivity index (χ0v) is 34.1. The minimum atomic E-state index is -4.69. The van der Waals surface area contributed by atoms with Gasteiger partial charge in [-0.2, -0.15) is 0 Å². The van der Waals surface area contributed by atoms with Gasteiger partial charge in [-0.15, -0.1) is 0 Å². The summed E-state index contributed by atoms with van der Waals surface area (Å²) in [5.41, 5.74) is 0. The quantitative estimate of drug-likeness (QED) is 0.0205. The van der Waals surface area contributed by atoms with Crippen LogP contribution in [-0.2, 0) is 51.7 Å². The summed E-state index contributed by atoms with van der Waals surface area (Å²) < 4.78 is 44.0. The van der Waals surface area contributed by atoms with Gasteiger partial charge in [0.15, 0.2) is 6.10 Å². The third-order valence-electron chi connectivity index (χ3n) is 8.20. The van der Waals surface area contributed by atoms with Gasteiger partial charge in [-0.1, -0.05) is 90.9 Å². The summed E-state index contributed by atoms with van der Waals surface area (Å²) in [7, 11) is 0.985. The molecule has 13 nitrogen and oxygen atoms in total. The SMILES string of the molecule is CCCCCCCOC(=O)CCCCCCC(=O)OCC(COP(=O)([O-])OCC[N+](C)(C)C)OC(=O)CCCCCCC(=O)OCCCCCCC. The molecular weight excluding hydrogens is 693 g/mol. The lowest BCUT2D eigenvalue weighted by atomic mass is 10.1. The Morgan fingerprint density at radius 3 is 1.37 bits per heavy atom. The highest BCUT2D eigenvalue weighted by atomic mass is 31.2. The van der Waals surface area contributed by atoms with Crippen LogP contribution in [0.2, 0.25) is 0 Å². The van der Waals surface area contributed by atoms with Gasteiger partial charge >= 0.3 is 23.9 Å². The van der Waals surface area contributed by atoms with Crippen molar-refractivity contribution in [2.75, 3.05) is 60.7 Å². The van der Waals surface area contributed by atoms with E-state index in [9.17, 15) is 28.6 Å². The molecule has 0 saturated heterocycles. The predicted molar refractivity (Wildman–Crippen MR) is 198 cm³/mol. The maximum absolute atomic E-state index is 12.6. The Morgan fingerprint density at radius 2 is 0.923 bits per heavy atom. The molecule has 0 bridgehead atoms. The van der Waals surface area contributed by atoms with E-state index in [2.05, 4.69) is 13.8 Å². The average molecular weight is 766 g/mol. The number of rotatable bonds is 36. The molecule has 0 aliphatic carbocycles. The first-order chi connectivity index (χ1) is 24.8. The van der Waals surface area contributed by atoms with Crippen molar-refractivity contribution in [1.29, 1.82) is 0 Å². The standard InChI is InChI=1S/C38H72NO12P/c1-6-8-10-16-22-29-46-35(40)24-18-12-13-20-26-37(42)48-32-34(33-50-52(44,45)49-31-28-39(3,4)5)51-38(43)27-21-15-14-19-25-36(41)47-30-23-17-11-9-7-2/h34H,6-33H2,1-5H3. The number of nitrogens with zero attached hydrogens (tertiary/aromatic N) is 1. The number of carbonyl (C=O) groups excluding carboxylic acids is 4. The van der Waals surface area contributed by atoms with Gasteiger partial charge in [-0.3, -0.25) is 23.7 Å². The molecular formula is C38H72NO12P. The maximum atomic E-state index is 12.6. The fourth-order valence-corrected chi connectivity index (χ4v) is 5.70. The smallest absolute Gasteiger partial charge is 0.306 e. The van der Waals surface area contributed by atoms with Crippen LogP contribution >= 0.6 is 7.82 Å². The Kier molecular flexibility index (Phi) is 31.1. The Morgan fingerprint density at radius 1 is 0.519 bits per heavy atom. The molecule has 0 aromatic rings. The summed E-state index contributed by atoms with van der Waals surface area (Å²) in [6.07, 6.45) is 16.1. The molecule has 0 rings (SSSR count). The highest BCUT2D eigenvalue weighted by Crippen LogP contribution is 2.38. The van der Waals surface area contributed by atoms with Crippen LogP contribution in [0, 0.1) is 0 Å². The van der Waals surface area contributed by atoms with E-state index >= 15 is 0 Å². The van der Waals surface area contributed by atoms with Crippen LogP contribution in [0.4, 0.5) is 0 Å². The molecule has 0 amide bonds. The van der Waals surface area contributed by atoms with Gasteiger partial charge in [0.05, 0.1) is 41.0 Å². The van der Waals surface area contributed by atoms with Gasteiger partial charge in [-0.25, -0.2) is 0 Å². The first kappa shape index (κ1) is 49.9. The summed E-state index contributed by atoms with van der Waals surface area (Å²) in [5, 5.41) is 0. The highest BCUT2D eigenvalue weighted by Gasteiger charge is 2.22. The monoisotopic (exact) mass is 765 g/mol. The largest absolute Gasteiger partial charge is 0.756 e. The lowest BCUT2D eigenvalue weighted by Gasteiger charge is -2.28. The molecule has 0 heterocycles. The number of unbranched alkanes of at least 4 members (excludes halogenated alkanes) is 14. The number of esters is 4. The number of ether oxygens (including phenoxy) is 4. The van der Waals surface area contributed by atoms with Crippen molar-refractivity contribution in [3.63, 3.8) is 0 Å². The maximum Gasteiger partial charge on any atom is 0.306 e. The summed E-state index contributed by atoms with van der Waals surface area (Å²) in [6.45, 7) is 4.65. The molecule has 0 aliphatic heterocycles. The first-order valence-electron chi connectivity index (χ1n) is 19.8. The topological polar surface area (TPSA) is 164 Å². The molecule has 0 aromatic heterocycles. The zero-order chi connectivity index (χ0) is 38.9. The minimum absolute atomic E-state index is 0.0776. The molecule has 0 spiro atoms. The Labute approximate surface area is 314 Å². The van der Waals surface area contributed by atoms with E-state index in [-0.39, 0.29) is 38.0 Å². The number of phosphoric acid groups is 1. The van der Waals surface area contributed by atoms with Gasteiger partial charge in [0, 0.05) is 25.7 Å². The Bertz CT molecular complexity index is 988.